The van der Waals surface area contributed by atoms with Crippen molar-refractivity contribution in [1.82, 2.24) is 9.61 Å². The van der Waals surface area contributed by atoms with E-state index in [1.807, 2.05) is 55.5 Å². The molecule has 0 bridgehead atoms. The molecule has 0 atom stereocenters. The second kappa shape index (κ2) is 10.6. The molecular weight excluding hydrogens is 479 g/mol. The van der Waals surface area contributed by atoms with E-state index in [1.54, 1.807) is 22.8 Å². The van der Waals surface area contributed by atoms with Gasteiger partial charge in [0.2, 0.25) is 6.86 Å². The maximum absolute atomic E-state index is 13.2. The van der Waals surface area contributed by atoms with Crippen molar-refractivity contribution in [2.45, 2.75) is 32.1 Å². The highest BCUT2D eigenvalue weighted by Crippen LogP contribution is 2.32. The molecule has 36 heavy (non-hydrogen) atoms. The van der Waals surface area contributed by atoms with E-state index in [2.05, 4.69) is 15.3 Å². The Balaban J connectivity index is 1.22. The van der Waals surface area contributed by atoms with Gasteiger partial charge in [0.25, 0.3) is 5.91 Å². The van der Waals surface area contributed by atoms with Gasteiger partial charge < -0.3 is 15.0 Å². The number of hydrogen-bond donors (Lipinski definition) is 1. The lowest BCUT2D eigenvalue weighted by molar-refractivity contribution is 0.102. The molecule has 4 aromatic rings. The third kappa shape index (κ3) is 5.02. The lowest BCUT2D eigenvalue weighted by atomic mass is 9.89. The summed E-state index contributed by atoms with van der Waals surface area (Å²) in [5.74, 6) is 0.842. The largest absolute Gasteiger partial charge is 0.463 e. The number of piperidine rings is 1. The van der Waals surface area contributed by atoms with Crippen LogP contribution in [0.15, 0.2) is 66.9 Å². The summed E-state index contributed by atoms with van der Waals surface area (Å²) in [5.41, 5.74) is 5.11. The predicted molar refractivity (Wildman–Crippen MR) is 141 cm³/mol. The van der Waals surface area contributed by atoms with E-state index in [-0.39, 0.29) is 5.91 Å². The highest BCUT2D eigenvalue weighted by molar-refractivity contribution is 6.31. The van der Waals surface area contributed by atoms with Gasteiger partial charge in [0.15, 0.2) is 0 Å². The average molecular weight is 507 g/mol. The van der Waals surface area contributed by atoms with Crippen molar-refractivity contribution in [3.63, 3.8) is 0 Å². The van der Waals surface area contributed by atoms with Crippen LogP contribution in [0, 0.1) is 0 Å². The Morgan fingerprint density at radius 3 is 2.50 bits per heavy atom. The van der Waals surface area contributed by atoms with E-state index >= 15 is 0 Å². The van der Waals surface area contributed by atoms with E-state index in [1.165, 1.54) is 5.56 Å². The van der Waals surface area contributed by atoms with Crippen LogP contribution >= 0.6 is 11.6 Å². The summed E-state index contributed by atoms with van der Waals surface area (Å²) in [7, 11) is 0. The molecule has 1 aliphatic heterocycles. The third-order valence-corrected chi connectivity index (χ3v) is 7.02. The van der Waals surface area contributed by atoms with Gasteiger partial charge in [0.1, 0.15) is 5.75 Å². The molecule has 1 N–H and O–H groups in total. The fourth-order valence-electron chi connectivity index (χ4n) is 4.88. The Morgan fingerprint density at radius 2 is 1.83 bits per heavy atom. The fraction of sp³-hybridized carbons (Fsp3) is 0.286. The van der Waals surface area contributed by atoms with Gasteiger partial charge in [-0.05, 0) is 79.3 Å². The number of amides is 1. The minimum absolute atomic E-state index is 0.194. The molecule has 0 aliphatic carbocycles. The summed E-state index contributed by atoms with van der Waals surface area (Å²) in [5, 5.41) is 8.10. The Hall–Kier alpha value is -3.58. The molecule has 3 heterocycles. The van der Waals surface area contributed by atoms with E-state index < -0.39 is 6.86 Å². The van der Waals surface area contributed by atoms with Crippen LogP contribution in [0.2, 0.25) is 5.02 Å². The summed E-state index contributed by atoms with van der Waals surface area (Å²) in [6.07, 6.45) is 4.49. The Labute approximate surface area is 214 Å². The zero-order valence-electron chi connectivity index (χ0n) is 20.1. The standard InChI is InChI=1S/C28H28ClFN4O2/c1-2-25-27(26-17-21(29)13-16-34(26)32-25)28(35)31-22-5-7-23(8-6-22)33-14-11-20(12-15-33)19-3-9-24(10-4-19)36-18-30/h3-10,13,16-17,20H,2,11-12,14-15,18H2,1H3,(H,31,35). The third-order valence-electron chi connectivity index (χ3n) is 6.79. The number of pyridine rings is 1. The molecule has 1 aliphatic rings. The van der Waals surface area contributed by atoms with Gasteiger partial charge in [0, 0.05) is 35.7 Å². The first-order valence-corrected chi connectivity index (χ1v) is 12.6. The molecule has 2 aromatic heterocycles. The van der Waals surface area contributed by atoms with E-state index in [9.17, 15) is 9.18 Å². The van der Waals surface area contributed by atoms with Crippen LogP contribution in [0.5, 0.6) is 5.75 Å². The molecule has 0 saturated carbocycles. The number of aromatic nitrogens is 2. The number of alkyl halides is 1. The van der Waals surface area contributed by atoms with Gasteiger partial charge in [-0.2, -0.15) is 5.10 Å². The first-order chi connectivity index (χ1) is 17.6. The monoisotopic (exact) mass is 506 g/mol. The molecule has 0 unspecified atom stereocenters. The zero-order chi connectivity index (χ0) is 25.1. The second-order valence-electron chi connectivity index (χ2n) is 8.93. The summed E-state index contributed by atoms with van der Waals surface area (Å²) in [4.78, 5) is 15.5. The summed E-state index contributed by atoms with van der Waals surface area (Å²) in [6.45, 7) is 3.06. The number of nitrogens with zero attached hydrogens (tertiary/aromatic N) is 3. The van der Waals surface area contributed by atoms with Gasteiger partial charge >= 0.3 is 0 Å². The number of ether oxygens (including phenoxy) is 1. The number of anilines is 2. The fourth-order valence-corrected chi connectivity index (χ4v) is 5.04. The van der Waals surface area contributed by atoms with Crippen molar-refractivity contribution in [1.29, 1.82) is 0 Å². The minimum atomic E-state index is -0.810. The topological polar surface area (TPSA) is 58.9 Å². The number of benzene rings is 2. The van der Waals surface area contributed by atoms with E-state index in [0.717, 1.165) is 43.0 Å². The summed E-state index contributed by atoms with van der Waals surface area (Å²) in [6, 6.07) is 19.2. The zero-order valence-corrected chi connectivity index (χ0v) is 20.8. The van der Waals surface area contributed by atoms with Crippen LogP contribution in [0.4, 0.5) is 15.8 Å². The normalized spacial score (nSPS) is 14.2. The molecule has 6 nitrogen and oxygen atoms in total. The Morgan fingerprint density at radius 1 is 1.11 bits per heavy atom. The SMILES string of the molecule is CCc1nn2ccc(Cl)cc2c1C(=O)Nc1ccc(N2CCC(c3ccc(OCF)cc3)CC2)cc1. The van der Waals surface area contributed by atoms with Crippen molar-refractivity contribution >= 4 is 34.4 Å². The first kappa shape index (κ1) is 24.1. The lowest BCUT2D eigenvalue weighted by Gasteiger charge is -2.34. The van der Waals surface area contributed by atoms with Crippen LogP contribution in [0.3, 0.4) is 0 Å². The maximum Gasteiger partial charge on any atom is 0.259 e. The van der Waals surface area contributed by atoms with Crippen molar-refractivity contribution < 1.29 is 13.9 Å². The number of fused-ring (bicyclic) bond motifs is 1. The smallest absolute Gasteiger partial charge is 0.259 e. The van der Waals surface area contributed by atoms with Crippen molar-refractivity contribution in [2.75, 3.05) is 30.2 Å². The molecule has 0 radical (unpaired) electrons. The molecule has 8 heteroatoms. The van der Waals surface area contributed by atoms with Gasteiger partial charge in [-0.25, -0.2) is 8.91 Å². The molecule has 186 valence electrons. The molecular formula is C28H28ClFN4O2. The van der Waals surface area contributed by atoms with Gasteiger partial charge in [0.05, 0.1) is 16.8 Å². The number of carbonyl (C=O) groups excluding carboxylic acids is 1. The second-order valence-corrected chi connectivity index (χ2v) is 9.37. The van der Waals surface area contributed by atoms with Gasteiger partial charge in [-0.1, -0.05) is 30.7 Å². The van der Waals surface area contributed by atoms with Crippen LogP contribution in [0.1, 0.15) is 47.3 Å². The number of carbonyl (C=O) groups is 1. The number of rotatable bonds is 7. The predicted octanol–water partition coefficient (Wildman–Crippen LogP) is 6.49. The maximum atomic E-state index is 13.2. The molecule has 1 amide bonds. The number of halogens is 2. The van der Waals surface area contributed by atoms with E-state index in [0.29, 0.717) is 34.2 Å². The summed E-state index contributed by atoms with van der Waals surface area (Å²) >= 11 is 6.17. The van der Waals surface area contributed by atoms with E-state index in [4.69, 9.17) is 16.3 Å². The Bertz CT molecular complexity index is 1350. The molecule has 1 fully saturated rings. The van der Waals surface area contributed by atoms with Gasteiger partial charge in [-0.3, -0.25) is 4.79 Å². The van der Waals surface area contributed by atoms with Gasteiger partial charge in [-0.15, -0.1) is 0 Å². The average Bonchev–Trinajstić information content (AvgIpc) is 3.28. The highest BCUT2D eigenvalue weighted by Gasteiger charge is 2.22. The molecule has 0 spiro atoms. The van der Waals surface area contributed by atoms with Crippen LogP contribution in [-0.2, 0) is 6.42 Å². The van der Waals surface area contributed by atoms with Crippen molar-refractivity contribution in [3.8, 4) is 5.75 Å². The Kier molecular flexibility index (Phi) is 7.09. The van der Waals surface area contributed by atoms with Crippen LogP contribution in [-0.4, -0.2) is 35.5 Å². The van der Waals surface area contributed by atoms with Crippen molar-refractivity contribution in [3.05, 3.63) is 88.7 Å². The number of aryl methyl sites for hydroxylation is 1. The van der Waals surface area contributed by atoms with Crippen LogP contribution in [0.25, 0.3) is 5.52 Å². The summed E-state index contributed by atoms with van der Waals surface area (Å²) < 4.78 is 18.9. The highest BCUT2D eigenvalue weighted by atomic mass is 35.5. The molecule has 2 aromatic carbocycles. The quantitative estimate of drug-likeness (QED) is 0.311. The lowest BCUT2D eigenvalue weighted by Crippen LogP contribution is -2.32. The number of nitrogens with one attached hydrogen (secondary N) is 1. The van der Waals surface area contributed by atoms with Crippen molar-refractivity contribution in [2.24, 2.45) is 0 Å². The first-order valence-electron chi connectivity index (χ1n) is 12.2. The minimum Gasteiger partial charge on any atom is -0.463 e. The number of hydrogen-bond acceptors (Lipinski definition) is 4. The van der Waals surface area contributed by atoms with Crippen LogP contribution < -0.4 is 15.0 Å². The molecule has 5 rings (SSSR count). The molecule has 1 saturated heterocycles.